The van der Waals surface area contributed by atoms with E-state index in [1.54, 1.807) is 31.2 Å². The number of anilines is 4. The van der Waals surface area contributed by atoms with E-state index in [1.165, 1.54) is 0 Å². The zero-order chi connectivity index (χ0) is 24.9. The molecule has 0 aliphatic heterocycles. The van der Waals surface area contributed by atoms with Crippen molar-refractivity contribution >= 4 is 33.0 Å². The second-order valence-corrected chi connectivity index (χ2v) is 8.84. The van der Waals surface area contributed by atoms with Crippen LogP contribution in [0, 0.1) is 6.92 Å². The lowest BCUT2D eigenvalue weighted by Crippen LogP contribution is -2.23. The molecule has 3 rings (SSSR count). The lowest BCUT2D eigenvalue weighted by molar-refractivity contribution is -0.274. The van der Waals surface area contributed by atoms with E-state index in [9.17, 15) is 21.6 Å². The number of nitrogens with zero attached hydrogens (tertiary/aromatic N) is 3. The van der Waals surface area contributed by atoms with Crippen LogP contribution in [0.4, 0.5) is 36.2 Å². The smallest absolute Gasteiger partial charge is 0.406 e. The zero-order valence-electron chi connectivity index (χ0n) is 18.7. The molecular weight excluding hydrogens is 471 g/mol. The van der Waals surface area contributed by atoms with E-state index in [0.717, 1.165) is 43.2 Å². The number of sulfonamides is 1. The van der Waals surface area contributed by atoms with Crippen molar-refractivity contribution in [3.63, 3.8) is 0 Å². The molecule has 0 bridgehead atoms. The van der Waals surface area contributed by atoms with Gasteiger partial charge in [-0.05, 0) is 69.3 Å². The molecule has 0 amide bonds. The zero-order valence-corrected chi connectivity index (χ0v) is 19.5. The number of hydrogen-bond donors (Lipinski definition) is 2. The lowest BCUT2D eigenvalue weighted by Gasteiger charge is -2.20. The van der Waals surface area contributed by atoms with Gasteiger partial charge in [0.25, 0.3) is 10.0 Å². The second kappa shape index (κ2) is 10.2. The van der Waals surface area contributed by atoms with Crippen LogP contribution in [0.2, 0.25) is 0 Å². The highest BCUT2D eigenvalue weighted by Gasteiger charge is 2.31. The molecule has 0 unspecified atom stereocenters. The first-order valence-corrected chi connectivity index (χ1v) is 11.8. The van der Waals surface area contributed by atoms with Crippen LogP contribution in [0.5, 0.6) is 5.75 Å². The van der Waals surface area contributed by atoms with Crippen molar-refractivity contribution in [1.29, 1.82) is 0 Å². The highest BCUT2D eigenvalue weighted by Crippen LogP contribution is 2.26. The molecule has 0 saturated heterocycles. The van der Waals surface area contributed by atoms with Gasteiger partial charge >= 0.3 is 6.36 Å². The topological polar surface area (TPSA) is 96.5 Å². The highest BCUT2D eigenvalue weighted by atomic mass is 32.2. The van der Waals surface area contributed by atoms with Crippen molar-refractivity contribution in [2.24, 2.45) is 0 Å². The largest absolute Gasteiger partial charge is 0.573 e. The summed E-state index contributed by atoms with van der Waals surface area (Å²) < 4.78 is 68.1. The summed E-state index contributed by atoms with van der Waals surface area (Å²) in [6.07, 6.45) is -4.86. The lowest BCUT2D eigenvalue weighted by atomic mass is 10.3. The first-order valence-electron chi connectivity index (χ1n) is 10.4. The Morgan fingerprint density at radius 3 is 2.09 bits per heavy atom. The minimum atomic E-state index is -4.86. The number of nitrogens with one attached hydrogen (secondary N) is 2. The third-order valence-corrected chi connectivity index (χ3v) is 6.09. The Bertz CT molecular complexity index is 1210. The van der Waals surface area contributed by atoms with Crippen LogP contribution in [-0.4, -0.2) is 37.8 Å². The Morgan fingerprint density at radius 1 is 0.941 bits per heavy atom. The molecule has 12 heteroatoms. The first kappa shape index (κ1) is 25.1. The quantitative estimate of drug-likeness (QED) is 0.428. The molecule has 34 heavy (non-hydrogen) atoms. The van der Waals surface area contributed by atoms with Gasteiger partial charge in [0.2, 0.25) is 0 Å². The number of aryl methyl sites for hydroxylation is 1. The van der Waals surface area contributed by atoms with E-state index in [-0.39, 0.29) is 10.6 Å². The summed E-state index contributed by atoms with van der Waals surface area (Å²) in [5.41, 5.74) is 0.962. The summed E-state index contributed by atoms with van der Waals surface area (Å²) in [6, 6.07) is 12.2. The molecule has 3 aromatic rings. The average molecular weight is 496 g/mol. The number of rotatable bonds is 9. The van der Waals surface area contributed by atoms with Crippen molar-refractivity contribution in [1.82, 2.24) is 9.97 Å². The molecule has 0 radical (unpaired) electrons. The fourth-order valence-electron chi connectivity index (χ4n) is 3.13. The van der Waals surface area contributed by atoms with Gasteiger partial charge in [0, 0.05) is 30.5 Å². The maximum absolute atomic E-state index is 12.6. The van der Waals surface area contributed by atoms with Gasteiger partial charge in [-0.3, -0.25) is 4.72 Å². The van der Waals surface area contributed by atoms with Gasteiger partial charge in [-0.25, -0.2) is 18.4 Å². The molecule has 0 fully saturated rings. The Morgan fingerprint density at radius 2 is 1.53 bits per heavy atom. The second-order valence-electron chi connectivity index (χ2n) is 7.16. The van der Waals surface area contributed by atoms with E-state index in [2.05, 4.69) is 29.6 Å². The summed E-state index contributed by atoms with van der Waals surface area (Å²) in [5, 5.41) is 3.17. The molecular formula is C22H24F3N5O3S. The number of hydrogen-bond acceptors (Lipinski definition) is 7. The third kappa shape index (κ3) is 6.73. The summed E-state index contributed by atoms with van der Waals surface area (Å²) in [6.45, 7) is 7.49. The highest BCUT2D eigenvalue weighted by molar-refractivity contribution is 7.92. The number of halogens is 3. The van der Waals surface area contributed by atoms with Gasteiger partial charge in [-0.2, -0.15) is 0 Å². The third-order valence-electron chi connectivity index (χ3n) is 4.69. The molecule has 0 atom stereocenters. The number of ether oxygens (including phenoxy) is 1. The Kier molecular flexibility index (Phi) is 7.50. The van der Waals surface area contributed by atoms with Crippen LogP contribution in [-0.2, 0) is 10.0 Å². The number of benzene rings is 2. The van der Waals surface area contributed by atoms with Gasteiger partial charge in [0.05, 0.1) is 4.90 Å². The Hall–Kier alpha value is -3.54. The molecule has 1 heterocycles. The predicted molar refractivity (Wildman–Crippen MR) is 124 cm³/mol. The standard InChI is InChI=1S/C22H24F3N5O3S/c1-4-30(5-2)21-14-20(26-15(3)27-21)28-16-6-8-17(9-7-16)29-34(31,32)19-12-10-18(11-13-19)33-22(23,24)25/h6-14,29H,4-5H2,1-3H3,(H,26,27,28). The maximum Gasteiger partial charge on any atom is 0.573 e. The monoisotopic (exact) mass is 495 g/mol. The molecule has 1 aromatic heterocycles. The van der Waals surface area contributed by atoms with E-state index in [1.807, 2.05) is 19.9 Å². The molecule has 2 N–H and O–H groups in total. The van der Waals surface area contributed by atoms with E-state index >= 15 is 0 Å². The first-order chi connectivity index (χ1) is 16.0. The summed E-state index contributed by atoms with van der Waals surface area (Å²) >= 11 is 0. The average Bonchev–Trinajstić information content (AvgIpc) is 2.75. The van der Waals surface area contributed by atoms with Crippen molar-refractivity contribution in [2.45, 2.75) is 32.0 Å². The van der Waals surface area contributed by atoms with Crippen LogP contribution in [0.3, 0.4) is 0 Å². The molecule has 182 valence electrons. The molecule has 2 aromatic carbocycles. The van der Waals surface area contributed by atoms with Crippen LogP contribution < -0.4 is 19.7 Å². The molecule has 8 nitrogen and oxygen atoms in total. The van der Waals surface area contributed by atoms with Gasteiger partial charge in [-0.1, -0.05) is 0 Å². The summed E-state index contributed by atoms with van der Waals surface area (Å²) in [7, 11) is -4.01. The van der Waals surface area contributed by atoms with Gasteiger partial charge in [0.1, 0.15) is 23.2 Å². The van der Waals surface area contributed by atoms with Crippen molar-refractivity contribution < 1.29 is 26.3 Å². The van der Waals surface area contributed by atoms with Crippen LogP contribution in [0.15, 0.2) is 59.5 Å². The van der Waals surface area contributed by atoms with E-state index in [0.29, 0.717) is 17.3 Å². The fraction of sp³-hybridized carbons (Fsp3) is 0.273. The van der Waals surface area contributed by atoms with Gasteiger partial charge in [-0.15, -0.1) is 13.2 Å². The van der Waals surface area contributed by atoms with Gasteiger partial charge in [0.15, 0.2) is 0 Å². The molecule has 0 spiro atoms. The molecule has 0 aliphatic carbocycles. The van der Waals surface area contributed by atoms with Gasteiger partial charge < -0.3 is 15.0 Å². The number of aromatic nitrogens is 2. The summed E-state index contributed by atoms with van der Waals surface area (Å²) in [5.74, 6) is 1.51. The van der Waals surface area contributed by atoms with Crippen molar-refractivity contribution in [3.8, 4) is 5.75 Å². The Labute approximate surface area is 195 Å². The van der Waals surface area contributed by atoms with Crippen LogP contribution >= 0.6 is 0 Å². The van der Waals surface area contributed by atoms with Crippen LogP contribution in [0.25, 0.3) is 0 Å². The maximum atomic E-state index is 12.6. The van der Waals surface area contributed by atoms with E-state index in [4.69, 9.17) is 0 Å². The van der Waals surface area contributed by atoms with Crippen molar-refractivity contribution in [2.75, 3.05) is 28.0 Å². The Balaban J connectivity index is 1.70. The van der Waals surface area contributed by atoms with Crippen molar-refractivity contribution in [3.05, 3.63) is 60.4 Å². The summed E-state index contributed by atoms with van der Waals surface area (Å²) in [4.78, 5) is 10.7. The SMILES string of the molecule is CCN(CC)c1cc(Nc2ccc(NS(=O)(=O)c3ccc(OC(F)(F)F)cc3)cc2)nc(C)n1. The fourth-order valence-corrected chi connectivity index (χ4v) is 4.19. The van der Waals surface area contributed by atoms with Crippen LogP contribution in [0.1, 0.15) is 19.7 Å². The number of alkyl halides is 3. The normalized spacial score (nSPS) is 11.7. The predicted octanol–water partition coefficient (Wildman–Crippen LogP) is 5.07. The molecule has 0 aliphatic rings. The van der Waals surface area contributed by atoms with E-state index < -0.39 is 22.1 Å². The minimum Gasteiger partial charge on any atom is -0.406 e. The minimum absolute atomic E-state index is 0.204. The molecule has 0 saturated carbocycles.